The number of rotatable bonds is 6. The molecule has 1 atom stereocenters. The first-order chi connectivity index (χ1) is 17.4. The number of nitrogens with one attached hydrogen (secondary N) is 1. The van der Waals surface area contributed by atoms with Crippen molar-refractivity contribution in [3.8, 4) is 11.5 Å². The maximum Gasteiger partial charge on any atom is 0.326 e. The van der Waals surface area contributed by atoms with Gasteiger partial charge in [-0.05, 0) is 65.8 Å². The summed E-state index contributed by atoms with van der Waals surface area (Å²) in [7, 11) is 3.25. The van der Waals surface area contributed by atoms with Crippen LogP contribution in [0.25, 0.3) is 0 Å². The molecule has 1 N–H and O–H groups in total. The standard InChI is InChI=1S/C29H31N3O4/c1-19-10-11-24(14-20(19)2)29(23-8-6-5-7-9-23)27(33)32(28(34)30-29)18-31-13-12-21-15-25(35-3)26(36-4)16-22(21)17-31/h5-11,14-16H,12-13,17-18H2,1-4H3,(H,30,34)/t29-/m0/s1. The minimum absolute atomic E-state index is 0.206. The Labute approximate surface area is 211 Å². The van der Waals surface area contributed by atoms with E-state index >= 15 is 0 Å². The number of methoxy groups -OCH3 is 2. The van der Waals surface area contributed by atoms with Gasteiger partial charge in [0, 0.05) is 13.1 Å². The number of carbonyl (C=O) groups excluding carboxylic acids is 2. The molecule has 0 spiro atoms. The highest BCUT2D eigenvalue weighted by molar-refractivity contribution is 6.09. The third-order valence-electron chi connectivity index (χ3n) is 7.39. The highest BCUT2D eigenvalue weighted by atomic mass is 16.5. The number of ether oxygens (including phenoxy) is 2. The van der Waals surface area contributed by atoms with Crippen molar-refractivity contribution in [1.82, 2.24) is 15.1 Å². The molecular formula is C29H31N3O4. The van der Waals surface area contributed by atoms with Crippen molar-refractivity contribution >= 4 is 11.9 Å². The molecule has 0 saturated carbocycles. The van der Waals surface area contributed by atoms with Crippen LogP contribution >= 0.6 is 0 Å². The highest BCUT2D eigenvalue weighted by Crippen LogP contribution is 2.38. The van der Waals surface area contributed by atoms with E-state index in [0.717, 1.165) is 40.8 Å². The summed E-state index contributed by atoms with van der Waals surface area (Å²) < 4.78 is 10.9. The summed E-state index contributed by atoms with van der Waals surface area (Å²) in [5, 5.41) is 3.06. The summed E-state index contributed by atoms with van der Waals surface area (Å²) in [5.74, 6) is 1.12. The van der Waals surface area contributed by atoms with Gasteiger partial charge in [-0.25, -0.2) is 9.69 Å². The van der Waals surface area contributed by atoms with Gasteiger partial charge in [0.15, 0.2) is 17.0 Å². The van der Waals surface area contributed by atoms with Crippen LogP contribution in [-0.2, 0) is 23.3 Å². The molecule has 0 aliphatic carbocycles. The molecule has 2 heterocycles. The van der Waals surface area contributed by atoms with E-state index in [9.17, 15) is 9.59 Å². The zero-order chi connectivity index (χ0) is 25.4. The van der Waals surface area contributed by atoms with Gasteiger partial charge < -0.3 is 14.8 Å². The Balaban J connectivity index is 1.46. The van der Waals surface area contributed by atoms with E-state index in [0.29, 0.717) is 18.0 Å². The molecule has 3 aromatic rings. The second-order valence-corrected chi connectivity index (χ2v) is 9.50. The zero-order valence-corrected chi connectivity index (χ0v) is 21.1. The Morgan fingerprint density at radius 3 is 2.22 bits per heavy atom. The fourth-order valence-corrected chi connectivity index (χ4v) is 5.19. The Bertz CT molecular complexity index is 1320. The molecule has 2 aliphatic rings. The monoisotopic (exact) mass is 485 g/mol. The van der Waals surface area contributed by atoms with E-state index in [-0.39, 0.29) is 18.6 Å². The molecule has 3 amide bonds. The summed E-state index contributed by atoms with van der Waals surface area (Å²) in [6.45, 7) is 5.59. The van der Waals surface area contributed by atoms with Gasteiger partial charge in [0.2, 0.25) is 0 Å². The molecule has 1 fully saturated rings. The maximum absolute atomic E-state index is 14.1. The van der Waals surface area contributed by atoms with E-state index in [4.69, 9.17) is 9.47 Å². The van der Waals surface area contributed by atoms with E-state index in [1.54, 1.807) is 14.2 Å². The van der Waals surface area contributed by atoms with Crippen LogP contribution in [-0.4, -0.2) is 49.2 Å². The van der Waals surface area contributed by atoms with Crippen LogP contribution in [0, 0.1) is 13.8 Å². The van der Waals surface area contributed by atoms with Gasteiger partial charge in [-0.3, -0.25) is 9.69 Å². The molecule has 3 aromatic carbocycles. The van der Waals surface area contributed by atoms with E-state index in [1.165, 1.54) is 10.5 Å². The Morgan fingerprint density at radius 2 is 1.56 bits per heavy atom. The second kappa shape index (κ2) is 9.32. The fraction of sp³-hybridized carbons (Fsp3) is 0.310. The lowest BCUT2D eigenvalue weighted by Gasteiger charge is -2.32. The predicted molar refractivity (Wildman–Crippen MR) is 137 cm³/mol. The van der Waals surface area contributed by atoms with E-state index in [1.807, 2.05) is 74.5 Å². The summed E-state index contributed by atoms with van der Waals surface area (Å²) in [6, 6.07) is 19.0. The third-order valence-corrected chi connectivity index (χ3v) is 7.39. The molecule has 0 unspecified atom stereocenters. The average Bonchev–Trinajstić information content (AvgIpc) is 3.15. The van der Waals surface area contributed by atoms with Gasteiger partial charge in [-0.15, -0.1) is 0 Å². The van der Waals surface area contributed by atoms with Gasteiger partial charge in [0.1, 0.15) is 0 Å². The minimum Gasteiger partial charge on any atom is -0.493 e. The van der Waals surface area contributed by atoms with Crippen molar-refractivity contribution < 1.29 is 19.1 Å². The number of benzene rings is 3. The second-order valence-electron chi connectivity index (χ2n) is 9.50. The fourth-order valence-electron chi connectivity index (χ4n) is 5.19. The normalized spacial score (nSPS) is 19.7. The number of hydrogen-bond donors (Lipinski definition) is 1. The van der Waals surface area contributed by atoms with Gasteiger partial charge in [-0.2, -0.15) is 0 Å². The predicted octanol–water partition coefficient (Wildman–Crippen LogP) is 4.13. The molecule has 1 saturated heterocycles. The number of fused-ring (bicyclic) bond motifs is 1. The SMILES string of the molecule is COc1cc2c(cc1OC)CN(CN1C(=O)N[C@@](c3ccccc3)(c3ccc(C)c(C)c3)C1=O)CC2. The van der Waals surface area contributed by atoms with Crippen LogP contribution in [0.5, 0.6) is 11.5 Å². The summed E-state index contributed by atoms with van der Waals surface area (Å²) in [5.41, 5.74) is 4.74. The van der Waals surface area contributed by atoms with Gasteiger partial charge in [-0.1, -0.05) is 48.5 Å². The lowest BCUT2D eigenvalue weighted by Crippen LogP contribution is -2.47. The number of carbonyl (C=O) groups is 2. The first-order valence-electron chi connectivity index (χ1n) is 12.1. The molecule has 36 heavy (non-hydrogen) atoms. The van der Waals surface area contributed by atoms with E-state index in [2.05, 4.69) is 10.2 Å². The quantitative estimate of drug-likeness (QED) is 0.532. The van der Waals surface area contributed by atoms with Crippen molar-refractivity contribution in [2.45, 2.75) is 32.4 Å². The van der Waals surface area contributed by atoms with Gasteiger partial charge >= 0.3 is 6.03 Å². The Morgan fingerprint density at radius 1 is 0.861 bits per heavy atom. The summed E-state index contributed by atoms with van der Waals surface area (Å²) in [4.78, 5) is 30.9. The topological polar surface area (TPSA) is 71.1 Å². The van der Waals surface area contributed by atoms with Crippen LogP contribution in [0.1, 0.15) is 33.4 Å². The molecule has 0 bridgehead atoms. The molecule has 0 radical (unpaired) electrons. The first-order valence-corrected chi connectivity index (χ1v) is 12.1. The van der Waals surface area contributed by atoms with Crippen molar-refractivity contribution in [1.29, 1.82) is 0 Å². The van der Waals surface area contributed by atoms with Crippen molar-refractivity contribution in [3.63, 3.8) is 0 Å². The summed E-state index contributed by atoms with van der Waals surface area (Å²) in [6.07, 6.45) is 0.792. The number of aryl methyl sites for hydroxylation is 2. The Kier molecular flexibility index (Phi) is 6.18. The smallest absolute Gasteiger partial charge is 0.326 e. The summed E-state index contributed by atoms with van der Waals surface area (Å²) >= 11 is 0. The average molecular weight is 486 g/mol. The van der Waals surface area contributed by atoms with Crippen molar-refractivity contribution in [2.24, 2.45) is 0 Å². The lowest BCUT2D eigenvalue weighted by molar-refractivity contribution is -0.131. The molecule has 2 aliphatic heterocycles. The number of hydrogen-bond acceptors (Lipinski definition) is 5. The maximum atomic E-state index is 14.1. The van der Waals surface area contributed by atoms with Gasteiger partial charge in [0.25, 0.3) is 5.91 Å². The number of nitrogens with zero attached hydrogens (tertiary/aromatic N) is 2. The minimum atomic E-state index is -1.26. The van der Waals surface area contributed by atoms with Gasteiger partial charge in [0.05, 0.1) is 20.9 Å². The first kappa shape index (κ1) is 23.9. The number of urea groups is 1. The largest absolute Gasteiger partial charge is 0.493 e. The third kappa shape index (κ3) is 3.89. The van der Waals surface area contributed by atoms with Crippen molar-refractivity contribution in [2.75, 3.05) is 27.4 Å². The zero-order valence-electron chi connectivity index (χ0n) is 21.1. The van der Waals surface area contributed by atoms with E-state index < -0.39 is 5.54 Å². The van der Waals surface area contributed by atoms with Crippen molar-refractivity contribution in [3.05, 3.63) is 94.0 Å². The van der Waals surface area contributed by atoms with Crippen LogP contribution in [0.3, 0.4) is 0 Å². The molecular weight excluding hydrogens is 454 g/mol. The molecule has 7 heteroatoms. The van der Waals surface area contributed by atoms with Crippen LogP contribution in [0.2, 0.25) is 0 Å². The molecule has 7 nitrogen and oxygen atoms in total. The van der Waals surface area contributed by atoms with Crippen LogP contribution in [0.4, 0.5) is 4.79 Å². The highest BCUT2D eigenvalue weighted by Gasteiger charge is 2.54. The lowest BCUT2D eigenvalue weighted by atomic mass is 9.81. The van der Waals surface area contributed by atoms with Crippen LogP contribution in [0.15, 0.2) is 60.7 Å². The number of imide groups is 1. The Hall–Kier alpha value is -3.84. The molecule has 5 rings (SSSR count). The molecule has 186 valence electrons. The molecule has 0 aromatic heterocycles. The van der Waals surface area contributed by atoms with Crippen LogP contribution < -0.4 is 14.8 Å². The number of amides is 3.